The zero-order valence-electron chi connectivity index (χ0n) is 19.0. The van der Waals surface area contributed by atoms with Gasteiger partial charge in [-0.25, -0.2) is 0 Å². The lowest BCUT2D eigenvalue weighted by Crippen LogP contribution is -2.41. The summed E-state index contributed by atoms with van der Waals surface area (Å²) in [7, 11) is 0. The van der Waals surface area contributed by atoms with Crippen molar-refractivity contribution in [1.82, 2.24) is 0 Å². The Morgan fingerprint density at radius 2 is 1.88 bits per heavy atom. The van der Waals surface area contributed by atoms with Crippen LogP contribution in [-0.2, 0) is 10.2 Å². The van der Waals surface area contributed by atoms with Crippen LogP contribution in [0.4, 0.5) is 0 Å². The minimum absolute atomic E-state index is 0.0434. The molecule has 0 amide bonds. The van der Waals surface area contributed by atoms with Crippen LogP contribution < -0.4 is 4.74 Å². The molecule has 2 unspecified atom stereocenters. The highest BCUT2D eigenvalue weighted by Gasteiger charge is 2.49. The maximum absolute atomic E-state index is 11.9. The smallest absolute Gasteiger partial charge is 0.315 e. The fourth-order valence-corrected chi connectivity index (χ4v) is 5.56. The highest BCUT2D eigenvalue weighted by molar-refractivity contribution is 5.80. The summed E-state index contributed by atoms with van der Waals surface area (Å²) in [6.07, 6.45) is 11.2. The van der Waals surface area contributed by atoms with Crippen LogP contribution in [0.2, 0.25) is 0 Å². The quantitative estimate of drug-likeness (QED) is 0.513. The van der Waals surface area contributed by atoms with E-state index in [1.165, 1.54) is 19.3 Å². The van der Waals surface area contributed by atoms with Crippen molar-refractivity contribution >= 4 is 5.97 Å². The van der Waals surface area contributed by atoms with Gasteiger partial charge in [0.05, 0.1) is 35.3 Å². The van der Waals surface area contributed by atoms with Gasteiger partial charge in [0.25, 0.3) is 0 Å². The van der Waals surface area contributed by atoms with Gasteiger partial charge in [-0.1, -0.05) is 69.4 Å². The molecule has 5 nitrogen and oxygen atoms in total. The van der Waals surface area contributed by atoms with Crippen LogP contribution in [0.3, 0.4) is 0 Å². The van der Waals surface area contributed by atoms with E-state index in [4.69, 9.17) is 4.74 Å². The molecular formula is C27H32N2O3. The average Bonchev–Trinajstić information content (AvgIpc) is 2.82. The van der Waals surface area contributed by atoms with Crippen molar-refractivity contribution in [2.75, 3.05) is 6.61 Å². The van der Waals surface area contributed by atoms with E-state index in [2.05, 4.69) is 19.1 Å². The summed E-state index contributed by atoms with van der Waals surface area (Å²) in [5.41, 5.74) is 0.303. The number of ether oxygens (including phenoxy) is 1. The number of rotatable bonds is 8. The largest absolute Gasteiger partial charge is 0.494 e. The molecule has 2 atom stereocenters. The first-order valence-corrected chi connectivity index (χ1v) is 11.7. The maximum Gasteiger partial charge on any atom is 0.315 e. The number of para-hydroxylation sites is 1. The van der Waals surface area contributed by atoms with Crippen LogP contribution in [0, 0.1) is 40.4 Å². The molecule has 32 heavy (non-hydrogen) atoms. The Balaban J connectivity index is 2.16. The molecule has 0 aromatic heterocycles. The summed E-state index contributed by atoms with van der Waals surface area (Å²) in [4.78, 5) is 11.9. The third-order valence-electron chi connectivity index (χ3n) is 7.13. The van der Waals surface area contributed by atoms with Gasteiger partial charge in [-0.15, -0.1) is 0 Å². The number of nitriles is 2. The summed E-state index contributed by atoms with van der Waals surface area (Å²) >= 11 is 0. The van der Waals surface area contributed by atoms with E-state index in [9.17, 15) is 20.4 Å². The van der Waals surface area contributed by atoms with Gasteiger partial charge in [0.2, 0.25) is 0 Å². The van der Waals surface area contributed by atoms with Crippen LogP contribution in [0.15, 0.2) is 47.6 Å². The van der Waals surface area contributed by atoms with E-state index in [0.29, 0.717) is 18.3 Å². The molecule has 0 bridgehead atoms. The van der Waals surface area contributed by atoms with Gasteiger partial charge in [0, 0.05) is 5.56 Å². The average molecular weight is 433 g/mol. The first-order valence-electron chi connectivity index (χ1n) is 11.7. The molecule has 1 N–H and O–H groups in total. The van der Waals surface area contributed by atoms with Gasteiger partial charge < -0.3 is 9.84 Å². The Morgan fingerprint density at radius 1 is 1.16 bits per heavy atom. The standard InChI is InChI=1S/C27H32N2O3/c1-3-5-8-19-11-13-20(14-12-19)27(23-9-6-7-10-25(23)32-4-2)16-15-21(26(30)31)22(17-28)24(27)18-29/h6-7,9-10,15-16,19-21H,3-5,8,11-14H2,1-2H3,(H,30,31). The number of hydrogen-bond donors (Lipinski definition) is 1. The lowest BCUT2D eigenvalue weighted by atomic mass is 9.57. The van der Waals surface area contributed by atoms with Crippen LogP contribution in [0.5, 0.6) is 5.75 Å². The van der Waals surface area contributed by atoms with E-state index in [-0.39, 0.29) is 17.1 Å². The van der Waals surface area contributed by atoms with Crippen molar-refractivity contribution < 1.29 is 14.6 Å². The van der Waals surface area contributed by atoms with Gasteiger partial charge >= 0.3 is 5.97 Å². The van der Waals surface area contributed by atoms with Crippen molar-refractivity contribution in [2.45, 2.75) is 64.2 Å². The lowest BCUT2D eigenvalue weighted by molar-refractivity contribution is -0.138. The molecule has 1 saturated carbocycles. The zero-order valence-corrected chi connectivity index (χ0v) is 19.0. The van der Waals surface area contributed by atoms with E-state index in [1.54, 1.807) is 6.08 Å². The zero-order chi connectivity index (χ0) is 23.1. The molecule has 0 saturated heterocycles. The molecule has 0 radical (unpaired) electrons. The highest BCUT2D eigenvalue weighted by Crippen LogP contribution is 2.54. The van der Waals surface area contributed by atoms with E-state index in [1.807, 2.05) is 37.3 Å². The van der Waals surface area contributed by atoms with E-state index < -0.39 is 17.3 Å². The summed E-state index contributed by atoms with van der Waals surface area (Å²) in [6, 6.07) is 12.0. The minimum Gasteiger partial charge on any atom is -0.494 e. The van der Waals surface area contributed by atoms with Gasteiger partial charge in [0.15, 0.2) is 0 Å². The number of unbranched alkanes of at least 4 members (excludes halogenated alkanes) is 1. The number of benzene rings is 1. The SMILES string of the molecule is CCCCC1CCC(C2(c3ccccc3OCC)C=CC(C(=O)O)C(C#N)=C2C#N)CC1. The third kappa shape index (κ3) is 4.30. The van der Waals surface area contributed by atoms with Crippen molar-refractivity contribution in [3.8, 4) is 17.9 Å². The molecule has 2 aliphatic carbocycles. The first kappa shape index (κ1) is 23.6. The predicted molar refractivity (Wildman–Crippen MR) is 123 cm³/mol. The fourth-order valence-electron chi connectivity index (χ4n) is 5.56. The molecule has 5 heteroatoms. The van der Waals surface area contributed by atoms with Gasteiger partial charge in [-0.2, -0.15) is 10.5 Å². The highest BCUT2D eigenvalue weighted by atomic mass is 16.5. The molecule has 0 aliphatic heterocycles. The number of nitrogens with zero attached hydrogens (tertiary/aromatic N) is 2. The molecule has 0 heterocycles. The van der Waals surface area contributed by atoms with E-state index in [0.717, 1.165) is 31.2 Å². The Labute approximate surface area is 191 Å². The topological polar surface area (TPSA) is 94.1 Å². The number of hydrogen-bond acceptors (Lipinski definition) is 4. The van der Waals surface area contributed by atoms with Crippen molar-refractivity contribution in [3.63, 3.8) is 0 Å². The fraction of sp³-hybridized carbons (Fsp3) is 0.519. The second-order valence-electron chi connectivity index (χ2n) is 8.85. The van der Waals surface area contributed by atoms with Crippen LogP contribution in [0.1, 0.15) is 64.4 Å². The summed E-state index contributed by atoms with van der Waals surface area (Å²) < 4.78 is 5.95. The molecule has 2 aliphatic rings. The number of allylic oxidation sites excluding steroid dienone is 2. The van der Waals surface area contributed by atoms with Crippen LogP contribution >= 0.6 is 0 Å². The minimum atomic E-state index is -1.11. The van der Waals surface area contributed by atoms with Gasteiger partial charge in [0.1, 0.15) is 11.7 Å². The normalized spacial score (nSPS) is 27.4. The van der Waals surface area contributed by atoms with Crippen LogP contribution in [-0.4, -0.2) is 17.7 Å². The molecule has 3 rings (SSSR count). The number of carbonyl (C=O) groups is 1. The Bertz CT molecular complexity index is 973. The first-order chi connectivity index (χ1) is 15.5. The predicted octanol–water partition coefficient (Wildman–Crippen LogP) is 5.93. The molecule has 1 aromatic rings. The second-order valence-corrected chi connectivity index (χ2v) is 8.85. The second kappa shape index (κ2) is 10.5. The molecular weight excluding hydrogens is 400 g/mol. The monoisotopic (exact) mass is 432 g/mol. The van der Waals surface area contributed by atoms with Crippen molar-refractivity contribution in [2.24, 2.45) is 17.8 Å². The molecule has 0 spiro atoms. The third-order valence-corrected chi connectivity index (χ3v) is 7.13. The molecule has 1 aromatic carbocycles. The Morgan fingerprint density at radius 3 is 2.47 bits per heavy atom. The Kier molecular flexibility index (Phi) is 7.75. The molecule has 1 fully saturated rings. The van der Waals surface area contributed by atoms with Gasteiger partial charge in [-0.3, -0.25) is 4.79 Å². The summed E-state index contributed by atoms with van der Waals surface area (Å²) in [5.74, 6) is -0.726. The van der Waals surface area contributed by atoms with Crippen molar-refractivity contribution in [1.29, 1.82) is 10.5 Å². The van der Waals surface area contributed by atoms with Crippen molar-refractivity contribution in [3.05, 3.63) is 53.1 Å². The summed E-state index contributed by atoms with van der Waals surface area (Å²) in [6.45, 7) is 4.61. The number of aliphatic carboxylic acids is 1. The summed E-state index contributed by atoms with van der Waals surface area (Å²) in [5, 5.41) is 29.9. The Hall–Kier alpha value is -3.05. The van der Waals surface area contributed by atoms with Gasteiger partial charge in [-0.05, 0) is 37.7 Å². The van der Waals surface area contributed by atoms with Crippen LogP contribution in [0.25, 0.3) is 0 Å². The maximum atomic E-state index is 11.9. The number of carboxylic acid groups (broad SMARTS) is 1. The number of carboxylic acids is 1. The molecule has 168 valence electrons. The lowest BCUT2D eigenvalue weighted by Gasteiger charge is -2.45. The van der Waals surface area contributed by atoms with E-state index >= 15 is 0 Å².